The summed E-state index contributed by atoms with van der Waals surface area (Å²) in [5.41, 5.74) is 1.53. The lowest BCUT2D eigenvalue weighted by molar-refractivity contribution is 0.188. The average molecular weight is 275 g/mol. The Kier molecular flexibility index (Phi) is 5.93. The van der Waals surface area contributed by atoms with Crippen LogP contribution in [0.3, 0.4) is 0 Å². The molecule has 0 bridgehead atoms. The molecule has 1 unspecified atom stereocenters. The summed E-state index contributed by atoms with van der Waals surface area (Å²) in [6.07, 6.45) is 2.66. The van der Waals surface area contributed by atoms with Crippen LogP contribution in [0.4, 0.5) is 0 Å². The molecule has 1 atom stereocenters. The molecule has 0 aliphatic carbocycles. The quantitative estimate of drug-likeness (QED) is 0.912. The van der Waals surface area contributed by atoms with E-state index in [9.17, 15) is 0 Å². The number of likely N-dealkylation sites (tertiary alicyclic amines) is 1. The minimum absolute atomic E-state index is 0. The van der Waals surface area contributed by atoms with E-state index in [1.54, 1.807) is 0 Å². The normalized spacial score (nSPS) is 21.2. The van der Waals surface area contributed by atoms with Crippen LogP contribution < -0.4 is 5.32 Å². The third-order valence-electron chi connectivity index (χ3n) is 3.45. The highest BCUT2D eigenvalue weighted by atomic mass is 35.5. The molecule has 1 aliphatic rings. The second kappa shape index (κ2) is 6.74. The van der Waals surface area contributed by atoms with Gasteiger partial charge in [-0.15, -0.1) is 23.7 Å². The van der Waals surface area contributed by atoms with Crippen LogP contribution in [0.5, 0.6) is 0 Å². The van der Waals surface area contributed by atoms with Crippen molar-refractivity contribution in [3.8, 4) is 0 Å². The van der Waals surface area contributed by atoms with E-state index < -0.39 is 0 Å². The van der Waals surface area contributed by atoms with Crippen LogP contribution >= 0.6 is 23.7 Å². The third-order valence-corrected chi connectivity index (χ3v) is 4.46. The zero-order valence-electron chi connectivity index (χ0n) is 11.0. The molecule has 1 aromatic rings. The molecule has 1 aliphatic heterocycles. The number of hydrogen-bond acceptors (Lipinski definition) is 3. The van der Waals surface area contributed by atoms with Gasteiger partial charge in [0.15, 0.2) is 0 Å². The summed E-state index contributed by atoms with van der Waals surface area (Å²) in [4.78, 5) is 5.51. The number of nitrogens with zero attached hydrogens (tertiary/aromatic N) is 1. The first-order valence-electron chi connectivity index (χ1n) is 6.14. The number of likely N-dealkylation sites (N-methyl/N-ethyl adjacent to an activating group) is 1. The maximum absolute atomic E-state index is 3.40. The predicted molar refractivity (Wildman–Crippen MR) is 78.4 cm³/mol. The Morgan fingerprint density at radius 1 is 1.47 bits per heavy atom. The molecule has 1 N–H and O–H groups in total. The van der Waals surface area contributed by atoms with E-state index in [1.807, 2.05) is 11.3 Å². The lowest BCUT2D eigenvalue weighted by Gasteiger charge is -2.32. The lowest BCUT2D eigenvalue weighted by atomic mass is 10.1. The third kappa shape index (κ3) is 3.95. The first kappa shape index (κ1) is 15.0. The van der Waals surface area contributed by atoms with Gasteiger partial charge in [0.25, 0.3) is 0 Å². The topological polar surface area (TPSA) is 15.3 Å². The van der Waals surface area contributed by atoms with Gasteiger partial charge >= 0.3 is 0 Å². The number of hydrogen-bond donors (Lipinski definition) is 1. The van der Waals surface area contributed by atoms with Gasteiger partial charge in [0.2, 0.25) is 0 Å². The Bertz CT molecular complexity index is 351. The summed E-state index contributed by atoms with van der Waals surface area (Å²) >= 11 is 1.92. The van der Waals surface area contributed by atoms with Crippen LogP contribution in [0.1, 0.15) is 28.2 Å². The number of thiophene rings is 1. The van der Waals surface area contributed by atoms with Crippen LogP contribution in [0.25, 0.3) is 0 Å². The second-order valence-electron chi connectivity index (χ2n) is 4.80. The molecule has 98 valence electrons. The molecule has 1 saturated heterocycles. The van der Waals surface area contributed by atoms with Gasteiger partial charge in [-0.2, -0.15) is 0 Å². The monoisotopic (exact) mass is 274 g/mol. The van der Waals surface area contributed by atoms with Crippen molar-refractivity contribution in [2.24, 2.45) is 0 Å². The molecule has 0 radical (unpaired) electrons. The zero-order valence-corrected chi connectivity index (χ0v) is 12.6. The molecule has 2 rings (SSSR count). The van der Waals surface area contributed by atoms with Crippen molar-refractivity contribution in [2.75, 3.05) is 20.1 Å². The molecule has 4 heteroatoms. The number of halogens is 1. The Morgan fingerprint density at radius 3 is 2.82 bits per heavy atom. The molecule has 0 spiro atoms. The molecule has 0 amide bonds. The Morgan fingerprint density at radius 2 is 2.24 bits per heavy atom. The first-order valence-corrected chi connectivity index (χ1v) is 6.96. The van der Waals surface area contributed by atoms with Crippen molar-refractivity contribution in [1.82, 2.24) is 10.2 Å². The van der Waals surface area contributed by atoms with Gasteiger partial charge in [-0.3, -0.25) is 4.90 Å². The van der Waals surface area contributed by atoms with Crippen molar-refractivity contribution in [3.63, 3.8) is 0 Å². The zero-order chi connectivity index (χ0) is 11.5. The number of aryl methyl sites for hydroxylation is 2. The van der Waals surface area contributed by atoms with Gasteiger partial charge in [-0.05, 0) is 51.9 Å². The molecule has 1 aromatic heterocycles. The molecular formula is C13H23ClN2S. The minimum Gasteiger partial charge on any atom is -0.316 e. The van der Waals surface area contributed by atoms with E-state index in [2.05, 4.69) is 37.2 Å². The predicted octanol–water partition coefficient (Wildman–Crippen LogP) is 2.97. The van der Waals surface area contributed by atoms with Gasteiger partial charge in [0.1, 0.15) is 0 Å². The maximum Gasteiger partial charge on any atom is 0.0245 e. The van der Waals surface area contributed by atoms with Crippen molar-refractivity contribution in [2.45, 2.75) is 39.3 Å². The summed E-state index contributed by atoms with van der Waals surface area (Å²) in [7, 11) is 2.08. The number of rotatable bonds is 3. The number of nitrogens with one attached hydrogen (secondary N) is 1. The summed E-state index contributed by atoms with van der Waals surface area (Å²) in [6, 6.07) is 3.04. The van der Waals surface area contributed by atoms with E-state index in [-0.39, 0.29) is 12.4 Å². The molecule has 1 fully saturated rings. The number of piperidine rings is 1. The minimum atomic E-state index is 0. The Labute approximate surface area is 115 Å². The van der Waals surface area contributed by atoms with Gasteiger partial charge in [0.05, 0.1) is 0 Å². The van der Waals surface area contributed by atoms with Crippen LogP contribution in [-0.2, 0) is 6.54 Å². The Balaban J connectivity index is 0.00000144. The van der Waals surface area contributed by atoms with E-state index in [1.165, 1.54) is 41.2 Å². The van der Waals surface area contributed by atoms with Crippen LogP contribution in [0.15, 0.2) is 6.07 Å². The van der Waals surface area contributed by atoms with E-state index in [4.69, 9.17) is 0 Å². The van der Waals surface area contributed by atoms with Crippen molar-refractivity contribution >= 4 is 23.7 Å². The van der Waals surface area contributed by atoms with Crippen molar-refractivity contribution in [3.05, 3.63) is 21.4 Å². The highest BCUT2D eigenvalue weighted by Gasteiger charge is 2.19. The maximum atomic E-state index is 3.40. The fraction of sp³-hybridized carbons (Fsp3) is 0.692. The van der Waals surface area contributed by atoms with Gasteiger partial charge in [-0.25, -0.2) is 0 Å². The van der Waals surface area contributed by atoms with E-state index in [0.717, 1.165) is 6.54 Å². The highest BCUT2D eigenvalue weighted by molar-refractivity contribution is 7.12. The smallest absolute Gasteiger partial charge is 0.0245 e. The fourth-order valence-electron chi connectivity index (χ4n) is 2.52. The van der Waals surface area contributed by atoms with Gasteiger partial charge in [0, 0.05) is 28.9 Å². The molecular weight excluding hydrogens is 252 g/mol. The van der Waals surface area contributed by atoms with Gasteiger partial charge < -0.3 is 5.32 Å². The lowest BCUT2D eigenvalue weighted by Crippen LogP contribution is -2.43. The van der Waals surface area contributed by atoms with Gasteiger partial charge in [-0.1, -0.05) is 0 Å². The first-order chi connectivity index (χ1) is 7.69. The van der Waals surface area contributed by atoms with E-state index in [0.29, 0.717) is 6.04 Å². The Hall–Kier alpha value is -0.0900. The summed E-state index contributed by atoms with van der Waals surface area (Å²) in [5, 5.41) is 3.40. The summed E-state index contributed by atoms with van der Waals surface area (Å²) < 4.78 is 0. The van der Waals surface area contributed by atoms with Crippen LogP contribution in [-0.4, -0.2) is 31.1 Å². The second-order valence-corrected chi connectivity index (χ2v) is 6.26. The molecule has 2 nitrogen and oxygen atoms in total. The fourth-order valence-corrected chi connectivity index (χ4v) is 3.45. The van der Waals surface area contributed by atoms with Crippen molar-refractivity contribution < 1.29 is 0 Å². The molecule has 2 heterocycles. The molecule has 0 aromatic carbocycles. The summed E-state index contributed by atoms with van der Waals surface area (Å²) in [5.74, 6) is 0. The molecule has 0 saturated carbocycles. The van der Waals surface area contributed by atoms with E-state index >= 15 is 0 Å². The van der Waals surface area contributed by atoms with Crippen molar-refractivity contribution in [1.29, 1.82) is 0 Å². The SMILES string of the molecule is CNC1CCCN(Cc2cc(C)sc2C)C1.Cl. The average Bonchev–Trinajstić information content (AvgIpc) is 2.58. The van der Waals surface area contributed by atoms with Crippen LogP contribution in [0.2, 0.25) is 0 Å². The highest BCUT2D eigenvalue weighted by Crippen LogP contribution is 2.23. The molecule has 17 heavy (non-hydrogen) atoms. The van der Waals surface area contributed by atoms with Crippen LogP contribution in [0, 0.1) is 13.8 Å². The largest absolute Gasteiger partial charge is 0.316 e. The standard InChI is InChI=1S/C13H22N2S.ClH/c1-10-7-12(11(2)16-10)8-15-6-4-5-13(9-15)14-3;/h7,13-14H,4-6,8-9H2,1-3H3;1H. The summed E-state index contributed by atoms with van der Waals surface area (Å²) in [6.45, 7) is 8.03.